The van der Waals surface area contributed by atoms with Gasteiger partial charge in [0.25, 0.3) is 0 Å². The van der Waals surface area contributed by atoms with E-state index in [1.807, 2.05) is 58.0 Å². The maximum absolute atomic E-state index is 12.6. The summed E-state index contributed by atoms with van der Waals surface area (Å²) in [5.74, 6) is 0.723. The van der Waals surface area contributed by atoms with Crippen LogP contribution in [-0.2, 0) is 20.8 Å². The van der Waals surface area contributed by atoms with Crippen molar-refractivity contribution in [3.63, 3.8) is 0 Å². The number of benzene rings is 2. The predicted octanol–water partition coefficient (Wildman–Crippen LogP) is 4.17. The molecule has 0 fully saturated rings. The number of hydrogen-bond donors (Lipinski definition) is 2. The van der Waals surface area contributed by atoms with E-state index in [0.717, 1.165) is 33.8 Å². The normalized spacial score (nSPS) is 12.1. The monoisotopic (exact) mass is 513 g/mol. The van der Waals surface area contributed by atoms with Crippen LogP contribution in [0.3, 0.4) is 0 Å². The first kappa shape index (κ1) is 26.5. The van der Waals surface area contributed by atoms with Crippen molar-refractivity contribution in [2.45, 2.75) is 37.5 Å². The quantitative estimate of drug-likeness (QED) is 0.343. The molecule has 0 saturated heterocycles. The third-order valence-corrected chi connectivity index (χ3v) is 7.67. The highest BCUT2D eigenvalue weighted by Crippen LogP contribution is 2.26. The molecular weight excluding hydrogens is 482 g/mol. The van der Waals surface area contributed by atoms with Crippen molar-refractivity contribution >= 4 is 32.3 Å². The van der Waals surface area contributed by atoms with Crippen LogP contribution in [0.15, 0.2) is 70.6 Å². The molecule has 1 atom stereocenters. The molecule has 2 aromatic carbocycles. The standard InChI is InChI=1S/C23H25N5O3S2.C2H6/c1-16-6-4-5-7-20(16)21-14-22(28-23(27-21)17(2)15-25-28)24-12-13-26-33(30,31)19-10-8-18(9-11-19)32(3)29;1-2/h4-11,14-15,24,26H,12-13H2,1-3H3;1-2H3. The van der Waals surface area contributed by atoms with Crippen molar-refractivity contribution in [2.24, 2.45) is 0 Å². The smallest absolute Gasteiger partial charge is 0.240 e. The highest BCUT2D eigenvalue weighted by molar-refractivity contribution is 7.89. The molecule has 2 heterocycles. The van der Waals surface area contributed by atoms with Gasteiger partial charge in [0.1, 0.15) is 5.82 Å². The Morgan fingerprint density at radius 2 is 1.66 bits per heavy atom. The Balaban J connectivity index is 0.00000167. The second-order valence-corrected chi connectivity index (χ2v) is 10.8. The second kappa shape index (κ2) is 11.6. The van der Waals surface area contributed by atoms with E-state index in [2.05, 4.69) is 15.1 Å². The van der Waals surface area contributed by atoms with Gasteiger partial charge in [0.15, 0.2) is 5.65 Å². The number of sulfonamides is 1. The van der Waals surface area contributed by atoms with Gasteiger partial charge in [-0.2, -0.15) is 9.61 Å². The topological polar surface area (TPSA) is 105 Å². The second-order valence-electron chi connectivity index (χ2n) is 7.65. The summed E-state index contributed by atoms with van der Waals surface area (Å²) >= 11 is 0. The van der Waals surface area contributed by atoms with Crippen molar-refractivity contribution in [1.82, 2.24) is 19.3 Å². The number of aryl methyl sites for hydroxylation is 2. The molecule has 4 aromatic rings. The van der Waals surface area contributed by atoms with Crippen LogP contribution in [0.25, 0.3) is 16.9 Å². The molecule has 8 nitrogen and oxygen atoms in total. The number of aromatic nitrogens is 3. The van der Waals surface area contributed by atoms with Gasteiger partial charge in [0, 0.05) is 52.2 Å². The van der Waals surface area contributed by atoms with Crippen LogP contribution >= 0.6 is 0 Å². The number of nitrogens with zero attached hydrogens (tertiary/aromatic N) is 3. The Hall–Kier alpha value is -3.08. The molecule has 0 bridgehead atoms. The number of fused-ring (bicyclic) bond motifs is 1. The summed E-state index contributed by atoms with van der Waals surface area (Å²) in [6.45, 7) is 8.51. The van der Waals surface area contributed by atoms with Crippen LogP contribution in [0.4, 0.5) is 5.82 Å². The lowest BCUT2D eigenvalue weighted by atomic mass is 10.1. The average Bonchev–Trinajstić information content (AvgIpc) is 3.24. The molecule has 2 aromatic heterocycles. The highest BCUT2D eigenvalue weighted by atomic mass is 32.2. The molecular formula is C25H31N5O3S2. The number of hydrogen-bond acceptors (Lipinski definition) is 6. The Morgan fingerprint density at radius 3 is 2.31 bits per heavy atom. The fourth-order valence-electron chi connectivity index (χ4n) is 3.47. The van der Waals surface area contributed by atoms with Crippen LogP contribution in [0.1, 0.15) is 25.0 Å². The van der Waals surface area contributed by atoms with Gasteiger partial charge in [0.05, 0.1) is 16.8 Å². The summed E-state index contributed by atoms with van der Waals surface area (Å²) in [5, 5.41) is 7.67. The van der Waals surface area contributed by atoms with Crippen molar-refractivity contribution in [2.75, 3.05) is 24.7 Å². The minimum atomic E-state index is -3.68. The zero-order valence-electron chi connectivity index (χ0n) is 20.6. The van der Waals surface area contributed by atoms with Gasteiger partial charge in [0.2, 0.25) is 10.0 Å². The SMILES string of the molecule is CC.Cc1ccccc1-c1cc(NCCNS(=O)(=O)c2ccc(S(C)=O)cc2)n2ncc(C)c2n1. The molecule has 0 aliphatic carbocycles. The van der Waals surface area contributed by atoms with E-state index in [1.54, 1.807) is 29.1 Å². The summed E-state index contributed by atoms with van der Waals surface area (Å²) in [4.78, 5) is 5.49. The first-order valence-electron chi connectivity index (χ1n) is 11.3. The zero-order chi connectivity index (χ0) is 25.6. The van der Waals surface area contributed by atoms with E-state index in [4.69, 9.17) is 4.98 Å². The van der Waals surface area contributed by atoms with Crippen LogP contribution in [0.5, 0.6) is 0 Å². The fourth-order valence-corrected chi connectivity index (χ4v) is 5.02. The molecule has 0 aliphatic rings. The predicted molar refractivity (Wildman–Crippen MR) is 142 cm³/mol. The summed E-state index contributed by atoms with van der Waals surface area (Å²) < 4.78 is 41.0. The largest absolute Gasteiger partial charge is 0.369 e. The van der Waals surface area contributed by atoms with Gasteiger partial charge in [-0.15, -0.1) is 0 Å². The third kappa shape index (κ3) is 6.14. The van der Waals surface area contributed by atoms with E-state index in [1.165, 1.54) is 12.1 Å². The van der Waals surface area contributed by atoms with E-state index in [-0.39, 0.29) is 11.4 Å². The Morgan fingerprint density at radius 1 is 0.971 bits per heavy atom. The van der Waals surface area contributed by atoms with E-state index < -0.39 is 20.8 Å². The first-order chi connectivity index (χ1) is 16.8. The summed E-state index contributed by atoms with van der Waals surface area (Å²) in [5.41, 5.74) is 4.66. The third-order valence-electron chi connectivity index (χ3n) is 5.26. The van der Waals surface area contributed by atoms with E-state index in [9.17, 15) is 12.6 Å². The molecule has 0 radical (unpaired) electrons. The maximum atomic E-state index is 12.6. The Bertz CT molecular complexity index is 1430. The summed E-state index contributed by atoms with van der Waals surface area (Å²) in [7, 11) is -4.83. The lowest BCUT2D eigenvalue weighted by molar-refractivity contribution is 0.582. The maximum Gasteiger partial charge on any atom is 0.240 e. The van der Waals surface area contributed by atoms with Crippen molar-refractivity contribution in [3.05, 3.63) is 71.9 Å². The van der Waals surface area contributed by atoms with Crippen LogP contribution in [0, 0.1) is 13.8 Å². The molecule has 0 spiro atoms. The molecule has 35 heavy (non-hydrogen) atoms. The van der Waals surface area contributed by atoms with Gasteiger partial charge < -0.3 is 5.32 Å². The van der Waals surface area contributed by atoms with Gasteiger partial charge in [-0.05, 0) is 43.7 Å². The van der Waals surface area contributed by atoms with Crippen LogP contribution in [0.2, 0.25) is 0 Å². The van der Waals surface area contributed by atoms with E-state index >= 15 is 0 Å². The summed E-state index contributed by atoms with van der Waals surface area (Å²) in [6.07, 6.45) is 3.31. The van der Waals surface area contributed by atoms with Crippen molar-refractivity contribution in [1.29, 1.82) is 0 Å². The fraction of sp³-hybridized carbons (Fsp3) is 0.280. The number of rotatable bonds is 8. The highest BCUT2D eigenvalue weighted by Gasteiger charge is 2.15. The summed E-state index contributed by atoms with van der Waals surface area (Å²) in [6, 6.07) is 16.0. The van der Waals surface area contributed by atoms with Gasteiger partial charge in [-0.3, -0.25) is 4.21 Å². The van der Waals surface area contributed by atoms with Crippen LogP contribution < -0.4 is 10.0 Å². The van der Waals surface area contributed by atoms with E-state index in [0.29, 0.717) is 11.4 Å². The minimum Gasteiger partial charge on any atom is -0.369 e. The molecule has 0 aliphatic heterocycles. The van der Waals surface area contributed by atoms with Gasteiger partial charge in [-0.1, -0.05) is 38.1 Å². The molecule has 0 amide bonds. The van der Waals surface area contributed by atoms with Crippen LogP contribution in [-0.4, -0.2) is 46.6 Å². The Kier molecular flexibility index (Phi) is 8.76. The molecule has 0 saturated carbocycles. The molecule has 10 heteroatoms. The minimum absolute atomic E-state index is 0.132. The first-order valence-corrected chi connectivity index (χ1v) is 14.4. The molecule has 2 N–H and O–H groups in total. The molecule has 4 rings (SSSR count). The lowest BCUT2D eigenvalue weighted by Crippen LogP contribution is -2.29. The number of anilines is 1. The van der Waals surface area contributed by atoms with Gasteiger partial charge in [-0.25, -0.2) is 18.1 Å². The molecule has 186 valence electrons. The average molecular weight is 514 g/mol. The lowest BCUT2D eigenvalue weighted by Gasteiger charge is -2.13. The molecule has 1 unspecified atom stereocenters. The van der Waals surface area contributed by atoms with Crippen molar-refractivity contribution in [3.8, 4) is 11.3 Å². The Labute approximate surface area is 209 Å². The van der Waals surface area contributed by atoms with Crippen molar-refractivity contribution < 1.29 is 12.6 Å². The van der Waals surface area contributed by atoms with Gasteiger partial charge >= 0.3 is 0 Å². The number of nitrogens with one attached hydrogen (secondary N) is 2. The zero-order valence-corrected chi connectivity index (χ0v) is 22.2.